The molecule has 0 bridgehead atoms. The highest BCUT2D eigenvalue weighted by molar-refractivity contribution is 9.10. The van der Waals surface area contributed by atoms with Gasteiger partial charge in [-0.25, -0.2) is 0 Å². The lowest BCUT2D eigenvalue weighted by Crippen LogP contribution is -2.14. The van der Waals surface area contributed by atoms with Gasteiger partial charge in [-0.3, -0.25) is 4.68 Å². The van der Waals surface area contributed by atoms with Crippen LogP contribution in [0.4, 0.5) is 0 Å². The second-order valence-electron chi connectivity index (χ2n) is 2.27. The minimum absolute atomic E-state index is 0.214. The average Bonchev–Trinajstić information content (AvgIpc) is 2.28. The maximum atomic E-state index is 9.32. The topological polar surface area (TPSA) is 64.1 Å². The van der Waals surface area contributed by atoms with Gasteiger partial charge in [-0.1, -0.05) is 0 Å². The van der Waals surface area contributed by atoms with Crippen molar-refractivity contribution in [2.75, 3.05) is 6.54 Å². The van der Waals surface area contributed by atoms with Gasteiger partial charge < -0.3 is 10.8 Å². The summed E-state index contributed by atoms with van der Waals surface area (Å²) in [6.45, 7) is 0.214. The van der Waals surface area contributed by atoms with Crippen molar-refractivity contribution >= 4 is 15.9 Å². The number of halogens is 1. The summed E-state index contributed by atoms with van der Waals surface area (Å²) in [5.74, 6) is 0. The van der Waals surface area contributed by atoms with Gasteiger partial charge in [0.2, 0.25) is 0 Å². The first-order valence-corrected chi connectivity index (χ1v) is 4.02. The Balaban J connectivity index is 2.93. The Kier molecular flexibility index (Phi) is 2.64. The third-order valence-corrected chi connectivity index (χ3v) is 1.84. The average molecular weight is 220 g/mol. The summed E-state index contributed by atoms with van der Waals surface area (Å²) in [5.41, 5.74) is 6.00. The number of aliphatic hydroxyl groups is 1. The highest BCUT2D eigenvalue weighted by atomic mass is 79.9. The summed E-state index contributed by atoms with van der Waals surface area (Å²) in [6.07, 6.45) is -0.626. The number of aliphatic hydroxyl groups excluding tert-OH is 1. The third kappa shape index (κ3) is 1.79. The number of nitrogens with two attached hydrogens (primary N) is 1. The number of hydrogen-bond donors (Lipinski definition) is 2. The van der Waals surface area contributed by atoms with E-state index in [9.17, 15) is 5.11 Å². The van der Waals surface area contributed by atoms with Crippen LogP contribution in [0.15, 0.2) is 10.7 Å². The fourth-order valence-electron chi connectivity index (χ4n) is 0.878. The van der Waals surface area contributed by atoms with Gasteiger partial charge in [0.05, 0.1) is 5.69 Å². The third-order valence-electron chi connectivity index (χ3n) is 1.45. The van der Waals surface area contributed by atoms with E-state index in [1.807, 2.05) is 0 Å². The van der Waals surface area contributed by atoms with E-state index in [-0.39, 0.29) is 6.54 Å². The Labute approximate surface area is 73.1 Å². The Morgan fingerprint density at radius 3 is 2.91 bits per heavy atom. The van der Waals surface area contributed by atoms with E-state index in [4.69, 9.17) is 5.73 Å². The fraction of sp³-hybridized carbons (Fsp3) is 0.500. The molecule has 0 aliphatic heterocycles. The summed E-state index contributed by atoms with van der Waals surface area (Å²) in [4.78, 5) is 0. The minimum Gasteiger partial charge on any atom is -0.385 e. The maximum Gasteiger partial charge on any atom is 0.128 e. The van der Waals surface area contributed by atoms with E-state index in [1.165, 1.54) is 0 Å². The smallest absolute Gasteiger partial charge is 0.128 e. The van der Waals surface area contributed by atoms with Crippen LogP contribution >= 0.6 is 15.9 Å². The number of aromatic nitrogens is 2. The number of rotatable bonds is 2. The fourth-order valence-corrected chi connectivity index (χ4v) is 1.35. The number of nitrogens with zero attached hydrogens (tertiary/aromatic N) is 2. The Bertz CT molecular complexity index is 248. The van der Waals surface area contributed by atoms with Crippen molar-refractivity contribution in [3.8, 4) is 0 Å². The summed E-state index contributed by atoms with van der Waals surface area (Å²) in [5, 5.41) is 13.3. The number of aryl methyl sites for hydroxylation is 1. The molecule has 0 aliphatic carbocycles. The second-order valence-corrected chi connectivity index (χ2v) is 3.08. The zero-order valence-corrected chi connectivity index (χ0v) is 7.74. The molecule has 0 saturated heterocycles. The van der Waals surface area contributed by atoms with Crippen molar-refractivity contribution < 1.29 is 5.11 Å². The molecule has 0 unspecified atom stereocenters. The standard InChI is InChI=1S/C6H10BrN3O/c1-10-4(5(11)3-8)2-6(7)9-10/h2,5,11H,3,8H2,1H3/t5-/m0/s1. The largest absolute Gasteiger partial charge is 0.385 e. The lowest BCUT2D eigenvalue weighted by atomic mass is 10.2. The number of hydrogen-bond acceptors (Lipinski definition) is 3. The molecule has 1 atom stereocenters. The van der Waals surface area contributed by atoms with Crippen LogP contribution in [0.3, 0.4) is 0 Å². The maximum absolute atomic E-state index is 9.32. The van der Waals surface area contributed by atoms with E-state index in [2.05, 4.69) is 21.0 Å². The molecule has 0 spiro atoms. The van der Waals surface area contributed by atoms with Crippen molar-refractivity contribution in [2.24, 2.45) is 12.8 Å². The molecule has 0 amide bonds. The van der Waals surface area contributed by atoms with Gasteiger partial charge in [-0.05, 0) is 22.0 Å². The lowest BCUT2D eigenvalue weighted by molar-refractivity contribution is 0.177. The Hall–Kier alpha value is -0.390. The van der Waals surface area contributed by atoms with E-state index in [0.29, 0.717) is 4.60 Å². The quantitative estimate of drug-likeness (QED) is 0.746. The monoisotopic (exact) mass is 219 g/mol. The molecular weight excluding hydrogens is 210 g/mol. The first-order chi connectivity index (χ1) is 5.15. The van der Waals surface area contributed by atoms with E-state index >= 15 is 0 Å². The summed E-state index contributed by atoms with van der Waals surface area (Å²) < 4.78 is 2.31. The van der Waals surface area contributed by atoms with E-state index in [0.717, 1.165) is 5.69 Å². The lowest BCUT2D eigenvalue weighted by Gasteiger charge is -2.06. The molecule has 4 nitrogen and oxygen atoms in total. The molecule has 0 saturated carbocycles. The highest BCUT2D eigenvalue weighted by Gasteiger charge is 2.10. The molecule has 1 rings (SSSR count). The molecule has 5 heteroatoms. The molecule has 3 N–H and O–H groups in total. The van der Waals surface area contributed by atoms with Crippen LogP contribution in [0.5, 0.6) is 0 Å². The van der Waals surface area contributed by atoms with Gasteiger partial charge in [0.15, 0.2) is 0 Å². The van der Waals surface area contributed by atoms with Gasteiger partial charge >= 0.3 is 0 Å². The van der Waals surface area contributed by atoms with Gasteiger partial charge in [-0.15, -0.1) is 0 Å². The summed E-state index contributed by atoms with van der Waals surface area (Å²) in [6, 6.07) is 1.75. The highest BCUT2D eigenvalue weighted by Crippen LogP contribution is 2.15. The minimum atomic E-state index is -0.626. The molecule has 0 aliphatic rings. The van der Waals surface area contributed by atoms with Crippen LogP contribution in [0, 0.1) is 0 Å². The molecule has 0 fully saturated rings. The van der Waals surface area contributed by atoms with Gasteiger partial charge in [-0.2, -0.15) is 5.10 Å². The molecule has 0 radical (unpaired) electrons. The van der Waals surface area contributed by atoms with Crippen molar-refractivity contribution in [3.63, 3.8) is 0 Å². The van der Waals surface area contributed by atoms with Gasteiger partial charge in [0.1, 0.15) is 10.7 Å². The molecule has 1 aromatic heterocycles. The zero-order valence-electron chi connectivity index (χ0n) is 6.16. The zero-order chi connectivity index (χ0) is 8.43. The van der Waals surface area contributed by atoms with Crippen LogP contribution in [0.25, 0.3) is 0 Å². The Morgan fingerprint density at radius 1 is 1.91 bits per heavy atom. The first kappa shape index (κ1) is 8.70. The van der Waals surface area contributed by atoms with Crippen molar-refractivity contribution in [1.82, 2.24) is 9.78 Å². The normalized spacial score (nSPS) is 13.5. The predicted molar refractivity (Wildman–Crippen MR) is 44.9 cm³/mol. The molecule has 1 aromatic rings. The van der Waals surface area contributed by atoms with Crippen molar-refractivity contribution in [3.05, 3.63) is 16.4 Å². The van der Waals surface area contributed by atoms with Crippen LogP contribution in [0.2, 0.25) is 0 Å². The summed E-state index contributed by atoms with van der Waals surface area (Å²) >= 11 is 3.20. The van der Waals surface area contributed by atoms with Crippen molar-refractivity contribution in [1.29, 1.82) is 0 Å². The van der Waals surface area contributed by atoms with Crippen LogP contribution in [-0.4, -0.2) is 21.4 Å². The molecule has 62 valence electrons. The molecule has 11 heavy (non-hydrogen) atoms. The summed E-state index contributed by atoms with van der Waals surface area (Å²) in [7, 11) is 1.76. The molecule has 0 aromatic carbocycles. The van der Waals surface area contributed by atoms with E-state index in [1.54, 1.807) is 17.8 Å². The predicted octanol–water partition coefficient (Wildman–Crippen LogP) is 0.175. The van der Waals surface area contributed by atoms with Crippen LogP contribution < -0.4 is 5.73 Å². The molecule has 1 heterocycles. The van der Waals surface area contributed by atoms with Gasteiger partial charge in [0.25, 0.3) is 0 Å². The van der Waals surface area contributed by atoms with Gasteiger partial charge in [0, 0.05) is 13.6 Å². The van der Waals surface area contributed by atoms with E-state index < -0.39 is 6.10 Å². The van der Waals surface area contributed by atoms with Crippen molar-refractivity contribution in [2.45, 2.75) is 6.10 Å². The first-order valence-electron chi connectivity index (χ1n) is 3.22. The SMILES string of the molecule is Cn1nc(Br)cc1[C@@H](O)CN. The second kappa shape index (κ2) is 3.34. The van der Waals surface area contributed by atoms with Crippen LogP contribution in [-0.2, 0) is 7.05 Å². The van der Waals surface area contributed by atoms with Crippen LogP contribution in [0.1, 0.15) is 11.8 Å². The molecular formula is C6H10BrN3O. The Morgan fingerprint density at radius 2 is 2.55 bits per heavy atom.